The Bertz CT molecular complexity index is 660. The fourth-order valence-electron chi connectivity index (χ4n) is 2.69. The molecule has 1 aliphatic rings. The van der Waals surface area contributed by atoms with Gasteiger partial charge in [-0.25, -0.2) is 9.18 Å². The van der Waals surface area contributed by atoms with Crippen LogP contribution in [0.2, 0.25) is 0 Å². The fraction of sp³-hybridized carbons (Fsp3) is 0.235. The molecule has 3 rings (SSSR count). The van der Waals surface area contributed by atoms with Crippen LogP contribution in [0.25, 0.3) is 11.1 Å². The van der Waals surface area contributed by atoms with Gasteiger partial charge in [-0.2, -0.15) is 0 Å². The average molecular weight is 270 g/mol. The van der Waals surface area contributed by atoms with E-state index in [1.54, 1.807) is 6.07 Å². The Kier molecular flexibility index (Phi) is 3.26. The number of hydrogen-bond donors (Lipinski definition) is 1. The van der Waals surface area contributed by atoms with Crippen LogP contribution in [0, 0.1) is 5.82 Å². The van der Waals surface area contributed by atoms with Crippen LogP contribution < -0.4 is 0 Å². The van der Waals surface area contributed by atoms with E-state index in [4.69, 9.17) is 5.11 Å². The minimum atomic E-state index is -1.23. The quantitative estimate of drug-likeness (QED) is 0.894. The summed E-state index contributed by atoms with van der Waals surface area (Å²) in [5.41, 5.74) is 2.75. The third-order valence-electron chi connectivity index (χ3n) is 4.01. The molecule has 102 valence electrons. The first-order valence-electron chi connectivity index (χ1n) is 6.79. The van der Waals surface area contributed by atoms with Crippen molar-refractivity contribution in [1.82, 2.24) is 0 Å². The molecule has 0 amide bonds. The van der Waals surface area contributed by atoms with Crippen molar-refractivity contribution in [3.63, 3.8) is 0 Å². The van der Waals surface area contributed by atoms with Crippen molar-refractivity contribution >= 4 is 5.97 Å². The Morgan fingerprint density at radius 1 is 1.15 bits per heavy atom. The van der Waals surface area contributed by atoms with Gasteiger partial charge in [0.05, 0.1) is 5.56 Å². The van der Waals surface area contributed by atoms with Crippen LogP contribution in [0.1, 0.15) is 41.1 Å². The van der Waals surface area contributed by atoms with Crippen molar-refractivity contribution < 1.29 is 14.3 Å². The number of aromatic carboxylic acids is 1. The zero-order valence-electron chi connectivity index (χ0n) is 11.0. The van der Waals surface area contributed by atoms with E-state index in [0.29, 0.717) is 5.92 Å². The van der Waals surface area contributed by atoms with Crippen molar-refractivity contribution in [3.8, 4) is 11.1 Å². The maximum absolute atomic E-state index is 13.5. The molecular formula is C17H15FO2. The van der Waals surface area contributed by atoms with Crippen LogP contribution in [0.4, 0.5) is 4.39 Å². The first-order valence-corrected chi connectivity index (χ1v) is 6.79. The first kappa shape index (κ1) is 12.9. The Hall–Kier alpha value is -2.16. The van der Waals surface area contributed by atoms with Gasteiger partial charge in [-0.3, -0.25) is 0 Å². The highest BCUT2D eigenvalue weighted by Gasteiger charge is 2.22. The highest BCUT2D eigenvalue weighted by Crippen LogP contribution is 2.41. The van der Waals surface area contributed by atoms with E-state index in [1.165, 1.54) is 37.0 Å². The molecule has 2 aromatic rings. The summed E-state index contributed by atoms with van der Waals surface area (Å²) >= 11 is 0. The molecule has 0 heterocycles. The van der Waals surface area contributed by atoms with E-state index in [1.807, 2.05) is 18.2 Å². The lowest BCUT2D eigenvalue weighted by Crippen LogP contribution is -2.10. The summed E-state index contributed by atoms with van der Waals surface area (Å²) in [4.78, 5) is 11.1. The Morgan fingerprint density at radius 3 is 2.55 bits per heavy atom. The zero-order valence-corrected chi connectivity index (χ0v) is 11.0. The van der Waals surface area contributed by atoms with Crippen molar-refractivity contribution in [2.24, 2.45) is 0 Å². The predicted octanol–water partition coefficient (Wildman–Crippen LogP) is 4.46. The lowest BCUT2D eigenvalue weighted by atomic mass is 9.77. The molecule has 0 radical (unpaired) electrons. The third-order valence-corrected chi connectivity index (χ3v) is 4.01. The van der Waals surface area contributed by atoms with Gasteiger partial charge >= 0.3 is 5.97 Å². The fourth-order valence-corrected chi connectivity index (χ4v) is 2.69. The lowest BCUT2D eigenvalue weighted by Gasteiger charge is -2.28. The normalized spacial score (nSPS) is 14.8. The van der Waals surface area contributed by atoms with Gasteiger partial charge < -0.3 is 5.11 Å². The molecule has 2 aromatic carbocycles. The number of rotatable bonds is 3. The first-order chi connectivity index (χ1) is 9.66. The largest absolute Gasteiger partial charge is 0.478 e. The van der Waals surface area contributed by atoms with Crippen molar-refractivity contribution in [2.75, 3.05) is 0 Å². The van der Waals surface area contributed by atoms with Gasteiger partial charge in [0.2, 0.25) is 0 Å². The molecule has 1 aliphatic carbocycles. The second-order valence-corrected chi connectivity index (χ2v) is 5.21. The van der Waals surface area contributed by atoms with Gasteiger partial charge in [-0.1, -0.05) is 36.8 Å². The number of halogens is 1. The average Bonchev–Trinajstić information content (AvgIpc) is 2.38. The van der Waals surface area contributed by atoms with Gasteiger partial charge in [0.1, 0.15) is 5.82 Å². The second-order valence-electron chi connectivity index (χ2n) is 5.21. The van der Waals surface area contributed by atoms with Crippen LogP contribution in [0.5, 0.6) is 0 Å². The minimum absolute atomic E-state index is 0.272. The molecule has 0 unspecified atom stereocenters. The van der Waals surface area contributed by atoms with Crippen LogP contribution in [0.15, 0.2) is 42.5 Å². The van der Waals surface area contributed by atoms with Gasteiger partial charge in [0.25, 0.3) is 0 Å². The van der Waals surface area contributed by atoms with Crippen LogP contribution in [-0.4, -0.2) is 11.1 Å². The Balaban J connectivity index is 2.09. The molecule has 0 aliphatic heterocycles. The molecule has 20 heavy (non-hydrogen) atoms. The molecule has 1 N–H and O–H groups in total. The highest BCUT2D eigenvalue weighted by molar-refractivity contribution is 5.90. The monoisotopic (exact) mass is 270 g/mol. The Labute approximate surface area is 116 Å². The van der Waals surface area contributed by atoms with E-state index in [-0.39, 0.29) is 5.56 Å². The molecule has 0 atom stereocenters. The number of benzene rings is 2. The van der Waals surface area contributed by atoms with Crippen molar-refractivity contribution in [2.45, 2.75) is 25.2 Å². The maximum Gasteiger partial charge on any atom is 0.338 e. The SMILES string of the molecule is O=C(O)c1cc(-c2ccccc2C2CCC2)ccc1F. The van der Waals surface area contributed by atoms with Crippen molar-refractivity contribution in [1.29, 1.82) is 0 Å². The van der Waals surface area contributed by atoms with Crippen LogP contribution in [0.3, 0.4) is 0 Å². The zero-order chi connectivity index (χ0) is 14.1. The summed E-state index contributed by atoms with van der Waals surface area (Å²) in [6.45, 7) is 0. The second kappa shape index (κ2) is 5.08. The molecule has 1 saturated carbocycles. The lowest BCUT2D eigenvalue weighted by molar-refractivity contribution is 0.0692. The van der Waals surface area contributed by atoms with E-state index in [9.17, 15) is 9.18 Å². The van der Waals surface area contributed by atoms with E-state index >= 15 is 0 Å². The summed E-state index contributed by atoms with van der Waals surface area (Å²) in [6, 6.07) is 12.3. The summed E-state index contributed by atoms with van der Waals surface area (Å²) in [6.07, 6.45) is 3.58. The molecule has 2 nitrogen and oxygen atoms in total. The van der Waals surface area contributed by atoms with E-state index < -0.39 is 11.8 Å². The van der Waals surface area contributed by atoms with E-state index in [0.717, 1.165) is 11.1 Å². The summed E-state index contributed by atoms with van der Waals surface area (Å²) < 4.78 is 13.5. The molecule has 0 spiro atoms. The smallest absolute Gasteiger partial charge is 0.338 e. The van der Waals surface area contributed by atoms with Crippen molar-refractivity contribution in [3.05, 3.63) is 59.4 Å². The molecule has 0 aromatic heterocycles. The summed E-state index contributed by atoms with van der Waals surface area (Å²) in [5.74, 6) is -1.38. The molecule has 3 heteroatoms. The molecular weight excluding hydrogens is 255 g/mol. The van der Waals surface area contributed by atoms with Crippen LogP contribution in [-0.2, 0) is 0 Å². The third kappa shape index (κ3) is 2.20. The van der Waals surface area contributed by atoms with E-state index in [2.05, 4.69) is 6.07 Å². The Morgan fingerprint density at radius 2 is 1.90 bits per heavy atom. The highest BCUT2D eigenvalue weighted by atomic mass is 19.1. The standard InChI is InChI=1S/C17H15FO2/c18-16-9-8-12(10-15(16)17(19)20)14-7-2-1-6-13(14)11-4-3-5-11/h1-2,6-11H,3-5H2,(H,19,20). The predicted molar refractivity (Wildman–Crippen MR) is 75.4 cm³/mol. The van der Waals surface area contributed by atoms with Gasteiger partial charge in [0.15, 0.2) is 0 Å². The summed E-state index contributed by atoms with van der Waals surface area (Å²) in [7, 11) is 0. The number of carbonyl (C=O) groups is 1. The maximum atomic E-state index is 13.5. The van der Waals surface area contributed by atoms with Gasteiger partial charge in [-0.15, -0.1) is 0 Å². The van der Waals surface area contributed by atoms with Gasteiger partial charge in [0, 0.05) is 0 Å². The summed E-state index contributed by atoms with van der Waals surface area (Å²) in [5, 5.41) is 9.03. The van der Waals surface area contributed by atoms with Crippen LogP contribution >= 0.6 is 0 Å². The molecule has 0 saturated heterocycles. The van der Waals surface area contributed by atoms with Gasteiger partial charge in [-0.05, 0) is 47.6 Å². The molecule has 0 bridgehead atoms. The minimum Gasteiger partial charge on any atom is -0.478 e. The number of carboxylic acids is 1. The molecule has 1 fully saturated rings. The topological polar surface area (TPSA) is 37.3 Å². The number of hydrogen-bond acceptors (Lipinski definition) is 1. The number of carboxylic acid groups (broad SMARTS) is 1.